The van der Waals surface area contributed by atoms with E-state index in [1.807, 2.05) is 36.4 Å². The molecule has 0 heterocycles. The van der Waals surface area contributed by atoms with Crippen molar-refractivity contribution >= 4 is 23.6 Å². The van der Waals surface area contributed by atoms with Crippen molar-refractivity contribution in [3.8, 4) is 0 Å². The predicted molar refractivity (Wildman–Crippen MR) is 125 cm³/mol. The summed E-state index contributed by atoms with van der Waals surface area (Å²) in [6, 6.07) is 26.1. The van der Waals surface area contributed by atoms with Gasteiger partial charge >= 0.3 is 5.97 Å². The molecule has 33 heavy (non-hydrogen) atoms. The second-order valence-corrected chi connectivity index (χ2v) is 7.27. The second-order valence-electron chi connectivity index (χ2n) is 7.27. The number of esters is 1. The number of amides is 1. The summed E-state index contributed by atoms with van der Waals surface area (Å²) in [6.07, 6.45) is 3.05. The van der Waals surface area contributed by atoms with Gasteiger partial charge in [-0.05, 0) is 29.7 Å². The van der Waals surface area contributed by atoms with E-state index in [2.05, 4.69) is 29.6 Å². The van der Waals surface area contributed by atoms with Crippen LogP contribution < -0.4 is 5.32 Å². The van der Waals surface area contributed by atoms with E-state index >= 15 is 0 Å². The maximum absolute atomic E-state index is 12.1. The molecule has 0 saturated heterocycles. The van der Waals surface area contributed by atoms with Crippen LogP contribution in [0, 0.1) is 10.1 Å². The van der Waals surface area contributed by atoms with Gasteiger partial charge in [-0.15, -0.1) is 0 Å². The fourth-order valence-electron chi connectivity index (χ4n) is 3.44. The summed E-state index contributed by atoms with van der Waals surface area (Å²) in [5, 5.41) is 13.8. The maximum atomic E-state index is 12.1. The standard InChI is InChI=1S/C26H24N2O5/c29-25(19-33-26(30)16-15-22-13-7-8-14-24(22)28(31)32)27-18-17-23(20-9-3-1-4-10-20)21-11-5-2-6-12-21/h1-16,23H,17-19H2,(H,27,29)/b16-15+. The highest BCUT2D eigenvalue weighted by atomic mass is 16.6. The smallest absolute Gasteiger partial charge is 0.331 e. The number of hydrogen-bond acceptors (Lipinski definition) is 5. The average molecular weight is 444 g/mol. The summed E-state index contributed by atoms with van der Waals surface area (Å²) in [7, 11) is 0. The van der Waals surface area contributed by atoms with Crippen LogP contribution in [-0.4, -0.2) is 30.0 Å². The molecule has 0 radical (unpaired) electrons. The molecule has 0 aliphatic carbocycles. The van der Waals surface area contributed by atoms with Crippen molar-refractivity contribution < 1.29 is 19.2 Å². The van der Waals surface area contributed by atoms with Gasteiger partial charge in [-0.25, -0.2) is 4.79 Å². The quantitative estimate of drug-likeness (QED) is 0.215. The first-order valence-electron chi connectivity index (χ1n) is 10.5. The highest BCUT2D eigenvalue weighted by Crippen LogP contribution is 2.27. The van der Waals surface area contributed by atoms with Gasteiger partial charge in [0.25, 0.3) is 11.6 Å². The number of nitro groups is 1. The van der Waals surface area contributed by atoms with E-state index < -0.39 is 23.4 Å². The summed E-state index contributed by atoms with van der Waals surface area (Å²) in [5.74, 6) is -1.04. The molecule has 0 bridgehead atoms. The Bertz CT molecular complexity index is 1070. The lowest BCUT2D eigenvalue weighted by Gasteiger charge is -2.18. The molecule has 7 heteroatoms. The highest BCUT2D eigenvalue weighted by molar-refractivity contribution is 5.89. The van der Waals surface area contributed by atoms with E-state index in [9.17, 15) is 19.7 Å². The van der Waals surface area contributed by atoms with Gasteiger partial charge in [0, 0.05) is 24.6 Å². The molecule has 0 fully saturated rings. The van der Waals surface area contributed by atoms with Crippen LogP contribution in [-0.2, 0) is 14.3 Å². The van der Waals surface area contributed by atoms with Crippen molar-refractivity contribution in [3.05, 3.63) is 118 Å². The predicted octanol–water partition coefficient (Wildman–Crippen LogP) is 4.49. The fourth-order valence-corrected chi connectivity index (χ4v) is 3.44. The molecule has 0 spiro atoms. The molecule has 0 aromatic heterocycles. The topological polar surface area (TPSA) is 98.5 Å². The third kappa shape index (κ3) is 7.14. The van der Waals surface area contributed by atoms with Gasteiger partial charge in [-0.3, -0.25) is 14.9 Å². The van der Waals surface area contributed by atoms with Crippen LogP contribution in [0.2, 0.25) is 0 Å². The molecule has 0 atom stereocenters. The number of rotatable bonds is 10. The molecule has 3 aromatic rings. The Balaban J connectivity index is 1.49. The number of carbonyl (C=O) groups excluding carboxylic acids is 2. The van der Waals surface area contributed by atoms with Gasteiger partial charge in [0.05, 0.1) is 10.5 Å². The molecule has 1 amide bonds. The fraction of sp³-hybridized carbons (Fsp3) is 0.154. The summed E-state index contributed by atoms with van der Waals surface area (Å²) in [4.78, 5) is 34.5. The van der Waals surface area contributed by atoms with E-state index in [-0.39, 0.29) is 17.2 Å². The molecule has 3 aromatic carbocycles. The average Bonchev–Trinajstić information content (AvgIpc) is 2.85. The van der Waals surface area contributed by atoms with E-state index in [0.29, 0.717) is 13.0 Å². The molecule has 7 nitrogen and oxygen atoms in total. The Morgan fingerprint density at radius 1 is 0.909 bits per heavy atom. The molecule has 168 valence electrons. The number of nitro benzene ring substituents is 1. The normalized spacial score (nSPS) is 10.8. The lowest BCUT2D eigenvalue weighted by atomic mass is 9.88. The lowest BCUT2D eigenvalue weighted by Crippen LogP contribution is -2.30. The molecule has 1 N–H and O–H groups in total. The van der Waals surface area contributed by atoms with Crippen LogP contribution in [0.25, 0.3) is 6.08 Å². The lowest BCUT2D eigenvalue weighted by molar-refractivity contribution is -0.385. The van der Waals surface area contributed by atoms with E-state index in [1.165, 1.54) is 24.3 Å². The van der Waals surface area contributed by atoms with Gasteiger partial charge in [0.2, 0.25) is 0 Å². The van der Waals surface area contributed by atoms with Gasteiger partial charge < -0.3 is 10.1 Å². The Hall–Kier alpha value is -4.26. The zero-order valence-electron chi connectivity index (χ0n) is 17.9. The molecular weight excluding hydrogens is 420 g/mol. The largest absolute Gasteiger partial charge is 0.452 e. The van der Waals surface area contributed by atoms with Crippen molar-refractivity contribution in [2.24, 2.45) is 0 Å². The molecule has 0 saturated carbocycles. The van der Waals surface area contributed by atoms with Crippen molar-refractivity contribution in [1.29, 1.82) is 0 Å². The monoisotopic (exact) mass is 444 g/mol. The molecule has 0 aliphatic heterocycles. The zero-order valence-corrected chi connectivity index (χ0v) is 17.9. The number of carbonyl (C=O) groups is 2. The highest BCUT2D eigenvalue weighted by Gasteiger charge is 2.15. The number of benzene rings is 3. The number of para-hydroxylation sites is 1. The van der Waals surface area contributed by atoms with Crippen LogP contribution in [0.3, 0.4) is 0 Å². The summed E-state index contributed by atoms with van der Waals surface area (Å²) >= 11 is 0. The van der Waals surface area contributed by atoms with Crippen molar-refractivity contribution in [2.45, 2.75) is 12.3 Å². The minimum absolute atomic E-state index is 0.120. The second kappa shape index (κ2) is 12.0. The molecule has 3 rings (SSSR count). The van der Waals surface area contributed by atoms with Gasteiger partial charge in [-0.2, -0.15) is 0 Å². The Labute approximate surface area is 191 Å². The maximum Gasteiger partial charge on any atom is 0.331 e. The Kier molecular flexibility index (Phi) is 8.48. The summed E-state index contributed by atoms with van der Waals surface area (Å²) < 4.78 is 4.95. The van der Waals surface area contributed by atoms with Gasteiger partial charge in [0.1, 0.15) is 0 Å². The number of nitrogens with zero attached hydrogens (tertiary/aromatic N) is 1. The number of nitrogens with one attached hydrogen (secondary N) is 1. The minimum atomic E-state index is -0.755. The summed E-state index contributed by atoms with van der Waals surface area (Å²) in [5.41, 5.74) is 2.47. The van der Waals surface area contributed by atoms with E-state index in [0.717, 1.165) is 17.2 Å². The first-order chi connectivity index (χ1) is 16.0. The third-order valence-electron chi connectivity index (χ3n) is 5.04. The van der Waals surface area contributed by atoms with Gasteiger partial charge in [0.15, 0.2) is 6.61 Å². The van der Waals surface area contributed by atoms with Gasteiger partial charge in [-0.1, -0.05) is 72.8 Å². The van der Waals surface area contributed by atoms with Crippen LogP contribution in [0.4, 0.5) is 5.69 Å². The number of ether oxygens (including phenoxy) is 1. The third-order valence-corrected chi connectivity index (χ3v) is 5.04. The molecule has 0 unspecified atom stereocenters. The van der Waals surface area contributed by atoms with Crippen LogP contribution in [0.15, 0.2) is 91.0 Å². The van der Waals surface area contributed by atoms with Crippen LogP contribution in [0.5, 0.6) is 0 Å². The van der Waals surface area contributed by atoms with Crippen LogP contribution in [0.1, 0.15) is 29.0 Å². The first-order valence-corrected chi connectivity index (χ1v) is 10.5. The van der Waals surface area contributed by atoms with Crippen molar-refractivity contribution in [1.82, 2.24) is 5.32 Å². The zero-order chi connectivity index (χ0) is 23.5. The molecule has 0 aliphatic rings. The molecular formula is C26H24N2O5. The Morgan fingerprint density at radius 2 is 1.48 bits per heavy atom. The Morgan fingerprint density at radius 3 is 2.09 bits per heavy atom. The minimum Gasteiger partial charge on any atom is -0.452 e. The summed E-state index contributed by atoms with van der Waals surface area (Å²) in [6.45, 7) is -0.0156. The first kappa shape index (κ1) is 23.4. The van der Waals surface area contributed by atoms with Crippen molar-refractivity contribution in [3.63, 3.8) is 0 Å². The SMILES string of the molecule is O=C(COC(=O)/C=C/c1ccccc1[N+](=O)[O-])NCCC(c1ccccc1)c1ccccc1. The number of hydrogen-bond donors (Lipinski definition) is 1. The van der Waals surface area contributed by atoms with Crippen LogP contribution >= 0.6 is 0 Å². The van der Waals surface area contributed by atoms with E-state index in [4.69, 9.17) is 4.74 Å². The van der Waals surface area contributed by atoms with Crippen molar-refractivity contribution in [2.75, 3.05) is 13.2 Å². The van der Waals surface area contributed by atoms with E-state index in [1.54, 1.807) is 6.07 Å².